The molecule has 0 aliphatic heterocycles. The average molecular weight is 339 g/mol. The standard InChI is InChI=1S/C20H25N3O2/c24-19(15-16-7-3-1-4-8-16)21-13-14-23-20(25)12-11-18(22-23)17-9-5-2-6-10-17/h2,5-6,9-12,16H,1,3-4,7-8,13-15H2,(H,21,24). The van der Waals surface area contributed by atoms with Crippen LogP contribution in [0.4, 0.5) is 0 Å². The van der Waals surface area contributed by atoms with Crippen LogP contribution in [0, 0.1) is 5.92 Å². The van der Waals surface area contributed by atoms with E-state index >= 15 is 0 Å². The van der Waals surface area contributed by atoms with Crippen LogP contribution < -0.4 is 10.9 Å². The molecule has 132 valence electrons. The quantitative estimate of drug-likeness (QED) is 0.880. The zero-order valence-corrected chi connectivity index (χ0v) is 14.5. The van der Waals surface area contributed by atoms with Gasteiger partial charge in [-0.25, -0.2) is 4.68 Å². The summed E-state index contributed by atoms with van der Waals surface area (Å²) in [4.78, 5) is 24.0. The highest BCUT2D eigenvalue weighted by Crippen LogP contribution is 2.25. The lowest BCUT2D eigenvalue weighted by molar-refractivity contribution is -0.122. The fourth-order valence-corrected chi connectivity index (χ4v) is 3.40. The van der Waals surface area contributed by atoms with Gasteiger partial charge in [0.05, 0.1) is 12.2 Å². The van der Waals surface area contributed by atoms with Gasteiger partial charge in [-0.3, -0.25) is 9.59 Å². The molecule has 1 aromatic heterocycles. The molecule has 1 saturated carbocycles. The maximum absolute atomic E-state index is 12.1. The molecule has 1 aromatic carbocycles. The molecule has 0 spiro atoms. The number of hydrogen-bond donors (Lipinski definition) is 1. The van der Waals surface area contributed by atoms with Crippen LogP contribution in [-0.2, 0) is 11.3 Å². The van der Waals surface area contributed by atoms with Gasteiger partial charge in [0.2, 0.25) is 5.91 Å². The van der Waals surface area contributed by atoms with Crippen LogP contribution in [0.5, 0.6) is 0 Å². The minimum absolute atomic E-state index is 0.0826. The summed E-state index contributed by atoms with van der Waals surface area (Å²) in [7, 11) is 0. The first-order chi connectivity index (χ1) is 12.2. The van der Waals surface area contributed by atoms with E-state index in [0.717, 1.165) is 24.1 Å². The van der Waals surface area contributed by atoms with E-state index in [4.69, 9.17) is 0 Å². The van der Waals surface area contributed by atoms with Crippen LogP contribution in [0.25, 0.3) is 11.3 Å². The second-order valence-corrected chi connectivity index (χ2v) is 6.70. The Bertz CT molecular complexity index is 749. The Labute approximate surface area is 148 Å². The van der Waals surface area contributed by atoms with Crippen LogP contribution in [0.3, 0.4) is 0 Å². The number of nitrogens with one attached hydrogen (secondary N) is 1. The van der Waals surface area contributed by atoms with Gasteiger partial charge in [-0.2, -0.15) is 5.10 Å². The van der Waals surface area contributed by atoms with Crippen LogP contribution in [0.15, 0.2) is 47.3 Å². The van der Waals surface area contributed by atoms with Crippen molar-refractivity contribution in [3.63, 3.8) is 0 Å². The van der Waals surface area contributed by atoms with Gasteiger partial charge in [0.25, 0.3) is 5.56 Å². The summed E-state index contributed by atoms with van der Waals surface area (Å²) in [6.45, 7) is 0.812. The highest BCUT2D eigenvalue weighted by molar-refractivity contribution is 5.76. The molecule has 1 aliphatic rings. The number of amides is 1. The van der Waals surface area contributed by atoms with E-state index < -0.39 is 0 Å². The van der Waals surface area contributed by atoms with Gasteiger partial charge in [-0.05, 0) is 24.8 Å². The Morgan fingerprint density at radius 2 is 1.84 bits per heavy atom. The molecule has 3 rings (SSSR count). The third-order valence-electron chi connectivity index (χ3n) is 4.78. The van der Waals surface area contributed by atoms with Crippen LogP contribution in [0.2, 0.25) is 0 Å². The number of benzene rings is 1. The lowest BCUT2D eigenvalue weighted by Crippen LogP contribution is -2.33. The predicted molar refractivity (Wildman–Crippen MR) is 98.1 cm³/mol. The number of hydrogen-bond acceptors (Lipinski definition) is 3. The highest BCUT2D eigenvalue weighted by atomic mass is 16.1. The third-order valence-corrected chi connectivity index (χ3v) is 4.78. The smallest absolute Gasteiger partial charge is 0.266 e. The molecule has 1 aliphatic carbocycles. The monoisotopic (exact) mass is 339 g/mol. The van der Waals surface area contributed by atoms with Crippen molar-refractivity contribution in [1.29, 1.82) is 0 Å². The topological polar surface area (TPSA) is 64.0 Å². The van der Waals surface area contributed by atoms with Crippen LogP contribution >= 0.6 is 0 Å². The third kappa shape index (κ3) is 5.02. The van der Waals surface area contributed by atoms with Gasteiger partial charge in [0, 0.05) is 24.6 Å². The van der Waals surface area contributed by atoms with E-state index in [0.29, 0.717) is 25.4 Å². The fourth-order valence-electron chi connectivity index (χ4n) is 3.40. The zero-order chi connectivity index (χ0) is 17.5. The Hall–Kier alpha value is -2.43. The first kappa shape index (κ1) is 17.4. The first-order valence-corrected chi connectivity index (χ1v) is 9.12. The average Bonchev–Trinajstić information content (AvgIpc) is 2.65. The molecule has 1 N–H and O–H groups in total. The van der Waals surface area contributed by atoms with E-state index in [1.807, 2.05) is 30.3 Å². The second kappa shape index (κ2) is 8.60. The predicted octanol–water partition coefficient (Wildman–Crippen LogP) is 3.00. The maximum Gasteiger partial charge on any atom is 0.266 e. The normalized spacial score (nSPS) is 15.0. The van der Waals surface area contributed by atoms with Gasteiger partial charge in [0.15, 0.2) is 0 Å². The lowest BCUT2D eigenvalue weighted by Gasteiger charge is -2.20. The van der Waals surface area contributed by atoms with Crippen LogP contribution in [-0.4, -0.2) is 22.2 Å². The van der Waals surface area contributed by atoms with Crippen molar-refractivity contribution in [3.8, 4) is 11.3 Å². The van der Waals surface area contributed by atoms with Gasteiger partial charge < -0.3 is 5.32 Å². The molecular weight excluding hydrogens is 314 g/mol. The van der Waals surface area contributed by atoms with E-state index in [2.05, 4.69) is 10.4 Å². The molecular formula is C20H25N3O2. The van der Waals surface area contributed by atoms with Crippen LogP contribution in [0.1, 0.15) is 38.5 Å². The molecule has 1 fully saturated rings. The first-order valence-electron chi connectivity index (χ1n) is 9.12. The van der Waals surface area contributed by atoms with Crippen molar-refractivity contribution < 1.29 is 4.79 Å². The van der Waals surface area contributed by atoms with Gasteiger partial charge >= 0.3 is 0 Å². The number of nitrogens with zero attached hydrogens (tertiary/aromatic N) is 2. The fraction of sp³-hybridized carbons (Fsp3) is 0.450. The molecule has 1 amide bonds. The van der Waals surface area contributed by atoms with Gasteiger partial charge in [-0.1, -0.05) is 49.6 Å². The number of carbonyl (C=O) groups excluding carboxylic acids is 1. The number of rotatable bonds is 6. The van der Waals surface area contributed by atoms with Crippen molar-refractivity contribution in [3.05, 3.63) is 52.8 Å². The Morgan fingerprint density at radius 1 is 1.08 bits per heavy atom. The summed E-state index contributed by atoms with van der Waals surface area (Å²) in [6.07, 6.45) is 6.70. The Balaban J connectivity index is 1.54. The highest BCUT2D eigenvalue weighted by Gasteiger charge is 2.16. The minimum Gasteiger partial charge on any atom is -0.354 e. The molecule has 2 aromatic rings. The van der Waals surface area contributed by atoms with Crippen molar-refractivity contribution in [2.45, 2.75) is 45.1 Å². The molecule has 0 radical (unpaired) electrons. The molecule has 5 nitrogen and oxygen atoms in total. The Kier molecular flexibility index (Phi) is 5.99. The Morgan fingerprint density at radius 3 is 2.60 bits per heavy atom. The summed E-state index contributed by atoms with van der Waals surface area (Å²) in [6, 6.07) is 13.0. The van der Waals surface area contributed by atoms with E-state index in [-0.39, 0.29) is 11.5 Å². The maximum atomic E-state index is 12.1. The minimum atomic E-state index is -0.152. The summed E-state index contributed by atoms with van der Waals surface area (Å²) < 4.78 is 1.42. The van der Waals surface area contributed by atoms with Crippen molar-refractivity contribution in [2.75, 3.05) is 6.54 Å². The molecule has 1 heterocycles. The summed E-state index contributed by atoms with van der Waals surface area (Å²) in [5, 5.41) is 7.33. The summed E-state index contributed by atoms with van der Waals surface area (Å²) in [5.74, 6) is 0.607. The second-order valence-electron chi connectivity index (χ2n) is 6.70. The summed E-state index contributed by atoms with van der Waals surface area (Å²) >= 11 is 0. The molecule has 5 heteroatoms. The van der Waals surface area contributed by atoms with Crippen molar-refractivity contribution in [1.82, 2.24) is 15.1 Å². The molecule has 0 unspecified atom stereocenters. The molecule has 0 bridgehead atoms. The largest absolute Gasteiger partial charge is 0.354 e. The SMILES string of the molecule is O=C(CC1CCCCC1)NCCn1nc(-c2ccccc2)ccc1=O. The lowest BCUT2D eigenvalue weighted by atomic mass is 9.87. The summed E-state index contributed by atoms with van der Waals surface area (Å²) in [5.41, 5.74) is 1.58. The van der Waals surface area contributed by atoms with Gasteiger partial charge in [-0.15, -0.1) is 0 Å². The van der Waals surface area contributed by atoms with Crippen molar-refractivity contribution in [2.24, 2.45) is 5.92 Å². The van der Waals surface area contributed by atoms with Crippen molar-refractivity contribution >= 4 is 5.91 Å². The number of aromatic nitrogens is 2. The van der Waals surface area contributed by atoms with E-state index in [9.17, 15) is 9.59 Å². The number of carbonyl (C=O) groups is 1. The molecule has 25 heavy (non-hydrogen) atoms. The molecule has 0 saturated heterocycles. The molecule has 0 atom stereocenters. The van der Waals surface area contributed by atoms with E-state index in [1.165, 1.54) is 30.0 Å². The van der Waals surface area contributed by atoms with Gasteiger partial charge in [0.1, 0.15) is 0 Å². The zero-order valence-electron chi connectivity index (χ0n) is 14.5. The van der Waals surface area contributed by atoms with E-state index in [1.54, 1.807) is 6.07 Å².